The number of fused-ring (bicyclic) bond motifs is 2. The fourth-order valence-corrected chi connectivity index (χ4v) is 4.56. The van der Waals surface area contributed by atoms with Gasteiger partial charge in [0.05, 0.1) is 5.41 Å². The summed E-state index contributed by atoms with van der Waals surface area (Å²) in [4.78, 5) is 26.6. The van der Waals surface area contributed by atoms with Crippen molar-refractivity contribution in [3.05, 3.63) is 112 Å². The minimum Gasteiger partial charge on any atom is -0.325 e. The fraction of sp³-hybridized carbons (Fsp3) is 0.111. The van der Waals surface area contributed by atoms with E-state index in [1.165, 1.54) is 24.3 Å². The third kappa shape index (κ3) is 3.46. The quantitative estimate of drug-likeness (QED) is 0.535. The van der Waals surface area contributed by atoms with E-state index < -0.39 is 5.41 Å². The Kier molecular flexibility index (Phi) is 4.82. The number of anilines is 1. The van der Waals surface area contributed by atoms with Crippen LogP contribution in [0, 0.1) is 11.6 Å². The summed E-state index contributed by atoms with van der Waals surface area (Å²) in [6.07, 6.45) is 3.92. The molecule has 0 saturated heterocycles. The maximum atomic E-state index is 13.4. The highest BCUT2D eigenvalue weighted by Gasteiger charge is 2.51. The zero-order valence-electron chi connectivity index (χ0n) is 17.1. The average molecular weight is 427 g/mol. The molecule has 0 bridgehead atoms. The van der Waals surface area contributed by atoms with Crippen LogP contribution in [0.1, 0.15) is 29.5 Å². The van der Waals surface area contributed by atoms with Gasteiger partial charge in [-0.15, -0.1) is 0 Å². The van der Waals surface area contributed by atoms with Crippen molar-refractivity contribution in [1.82, 2.24) is 0 Å². The van der Waals surface area contributed by atoms with E-state index in [2.05, 4.69) is 5.32 Å². The lowest BCUT2D eigenvalue weighted by Crippen LogP contribution is -2.40. The number of hydrogen-bond acceptors (Lipinski definition) is 2. The molecule has 3 aromatic carbocycles. The summed E-state index contributed by atoms with van der Waals surface area (Å²) in [6, 6.07) is 19.2. The molecule has 5 heteroatoms. The van der Waals surface area contributed by atoms with Crippen molar-refractivity contribution in [2.75, 3.05) is 5.32 Å². The number of halogens is 2. The zero-order chi connectivity index (χ0) is 22.3. The number of hydrogen-bond donors (Lipinski definition) is 1. The maximum absolute atomic E-state index is 13.4. The van der Waals surface area contributed by atoms with Crippen LogP contribution in [0.5, 0.6) is 0 Å². The van der Waals surface area contributed by atoms with E-state index >= 15 is 0 Å². The number of carbonyl (C=O) groups excluding carboxylic acids is 2. The van der Waals surface area contributed by atoms with Gasteiger partial charge in [-0.1, -0.05) is 42.5 Å². The van der Waals surface area contributed by atoms with Gasteiger partial charge in [-0.3, -0.25) is 9.59 Å². The smallest absolute Gasteiger partial charge is 0.235 e. The van der Waals surface area contributed by atoms with Crippen molar-refractivity contribution in [1.29, 1.82) is 0 Å². The molecule has 0 radical (unpaired) electrons. The Balaban J connectivity index is 1.65. The first-order valence-electron chi connectivity index (χ1n) is 10.3. The number of benzene rings is 3. The summed E-state index contributed by atoms with van der Waals surface area (Å²) in [7, 11) is 0. The number of ketones is 1. The van der Waals surface area contributed by atoms with Crippen LogP contribution in [0.3, 0.4) is 0 Å². The van der Waals surface area contributed by atoms with Crippen LogP contribution in [0.2, 0.25) is 0 Å². The van der Waals surface area contributed by atoms with Gasteiger partial charge in [-0.05, 0) is 72.0 Å². The van der Waals surface area contributed by atoms with Crippen LogP contribution >= 0.6 is 0 Å². The van der Waals surface area contributed by atoms with Gasteiger partial charge >= 0.3 is 0 Å². The number of rotatable bonds is 2. The Hall–Kier alpha value is -3.86. The predicted octanol–water partition coefficient (Wildman–Crippen LogP) is 5.68. The van der Waals surface area contributed by atoms with Crippen LogP contribution in [-0.4, -0.2) is 11.7 Å². The van der Waals surface area contributed by atoms with Crippen LogP contribution in [0.4, 0.5) is 14.5 Å². The van der Waals surface area contributed by atoms with Crippen LogP contribution in [-0.2, 0) is 15.0 Å². The van der Waals surface area contributed by atoms with Crippen molar-refractivity contribution in [3.8, 4) is 0 Å². The molecule has 1 aliphatic carbocycles. The van der Waals surface area contributed by atoms with Gasteiger partial charge in [0.15, 0.2) is 5.78 Å². The Morgan fingerprint density at radius 1 is 0.719 bits per heavy atom. The molecule has 5 rings (SSSR count). The van der Waals surface area contributed by atoms with Gasteiger partial charge in [0.2, 0.25) is 5.91 Å². The minimum absolute atomic E-state index is 0.152. The Bertz CT molecular complexity index is 1220. The van der Waals surface area contributed by atoms with Crippen molar-refractivity contribution in [2.45, 2.75) is 18.3 Å². The van der Waals surface area contributed by atoms with Crippen LogP contribution in [0.25, 0.3) is 12.2 Å². The zero-order valence-corrected chi connectivity index (χ0v) is 17.1. The first-order chi connectivity index (χ1) is 15.4. The van der Waals surface area contributed by atoms with E-state index in [9.17, 15) is 18.4 Å². The highest BCUT2D eigenvalue weighted by atomic mass is 19.1. The molecule has 32 heavy (non-hydrogen) atoms. The molecule has 3 nitrogen and oxygen atoms in total. The maximum Gasteiger partial charge on any atom is 0.235 e. The molecule has 1 heterocycles. The summed E-state index contributed by atoms with van der Waals surface area (Å²) in [5, 5.41) is 2.95. The van der Waals surface area contributed by atoms with Crippen molar-refractivity contribution < 1.29 is 18.4 Å². The molecule has 1 N–H and O–H groups in total. The Labute approximate surface area is 184 Å². The van der Waals surface area contributed by atoms with E-state index in [1.54, 1.807) is 36.4 Å². The minimum atomic E-state index is -0.914. The predicted molar refractivity (Wildman–Crippen MR) is 120 cm³/mol. The number of nitrogens with one attached hydrogen (secondary N) is 1. The third-order valence-corrected chi connectivity index (χ3v) is 6.12. The standard InChI is InChI=1S/C27H19F2NO2/c28-21-9-5-17(6-10-21)13-19-15-27(23-3-1-2-4-24(23)30-26(27)32)16-20(25(19)31)14-18-7-11-22(29)12-8-18/h1-14H,15-16H2,(H,30,32)/b19-13+,20-14+. The van der Waals surface area contributed by atoms with E-state index in [4.69, 9.17) is 0 Å². The molecular weight excluding hydrogens is 408 g/mol. The summed E-state index contributed by atoms with van der Waals surface area (Å²) in [5.74, 6) is -1.04. The molecule has 0 aromatic heterocycles. The summed E-state index contributed by atoms with van der Waals surface area (Å²) in [6.45, 7) is 0. The lowest BCUT2D eigenvalue weighted by atomic mass is 9.65. The molecule has 1 amide bonds. The Morgan fingerprint density at radius 3 is 1.75 bits per heavy atom. The second-order valence-corrected chi connectivity index (χ2v) is 8.21. The van der Waals surface area contributed by atoms with E-state index in [-0.39, 0.29) is 36.2 Å². The molecule has 1 spiro atoms. The van der Waals surface area contributed by atoms with E-state index in [0.29, 0.717) is 22.3 Å². The molecule has 0 unspecified atom stereocenters. The molecular formula is C27H19F2NO2. The monoisotopic (exact) mass is 427 g/mol. The highest BCUT2D eigenvalue weighted by Crippen LogP contribution is 2.50. The molecule has 1 aliphatic heterocycles. The fourth-order valence-electron chi connectivity index (χ4n) is 4.56. The average Bonchev–Trinajstić information content (AvgIpc) is 3.05. The molecule has 1 saturated carbocycles. The number of amides is 1. The summed E-state index contributed by atoms with van der Waals surface area (Å²) >= 11 is 0. The molecule has 3 aromatic rings. The van der Waals surface area contributed by atoms with E-state index in [0.717, 1.165) is 11.3 Å². The largest absolute Gasteiger partial charge is 0.325 e. The Morgan fingerprint density at radius 2 is 1.22 bits per heavy atom. The van der Waals surface area contributed by atoms with Crippen molar-refractivity contribution in [3.63, 3.8) is 0 Å². The molecule has 2 aliphatic rings. The first-order valence-corrected chi connectivity index (χ1v) is 10.3. The lowest BCUT2D eigenvalue weighted by molar-refractivity contribution is -0.122. The number of allylic oxidation sites excluding steroid dienone is 2. The second-order valence-electron chi connectivity index (χ2n) is 8.21. The highest BCUT2D eigenvalue weighted by molar-refractivity contribution is 6.18. The van der Waals surface area contributed by atoms with Gasteiger partial charge < -0.3 is 5.32 Å². The van der Waals surface area contributed by atoms with E-state index in [1.807, 2.05) is 24.3 Å². The van der Waals surface area contributed by atoms with Crippen LogP contribution < -0.4 is 5.32 Å². The van der Waals surface area contributed by atoms with Gasteiger partial charge in [0.25, 0.3) is 0 Å². The topological polar surface area (TPSA) is 46.2 Å². The molecule has 1 fully saturated rings. The number of carbonyl (C=O) groups is 2. The normalized spacial score (nSPS) is 22.4. The van der Waals surface area contributed by atoms with Crippen molar-refractivity contribution in [2.24, 2.45) is 0 Å². The van der Waals surface area contributed by atoms with Crippen LogP contribution in [0.15, 0.2) is 83.9 Å². The van der Waals surface area contributed by atoms with Gasteiger partial charge in [-0.2, -0.15) is 0 Å². The first kappa shape index (κ1) is 20.1. The van der Waals surface area contributed by atoms with Gasteiger partial charge in [0, 0.05) is 16.8 Å². The second kappa shape index (κ2) is 7.68. The lowest BCUT2D eigenvalue weighted by Gasteiger charge is -2.34. The molecule has 0 atom stereocenters. The molecule has 158 valence electrons. The number of Topliss-reactive ketones (excluding diaryl/α,β-unsaturated/α-hetero) is 1. The summed E-state index contributed by atoms with van der Waals surface area (Å²) < 4.78 is 26.7. The number of para-hydroxylation sites is 1. The SMILES string of the molecule is O=C1/C(=C/c2ccc(F)cc2)CC2(C/C1=C\c1ccc(F)cc1)C(=O)Nc1ccccc12. The van der Waals surface area contributed by atoms with Crippen molar-refractivity contribution >= 4 is 29.5 Å². The van der Waals surface area contributed by atoms with Gasteiger partial charge in [0.1, 0.15) is 11.6 Å². The summed E-state index contributed by atoms with van der Waals surface area (Å²) in [5.41, 5.74) is 2.99. The third-order valence-electron chi connectivity index (χ3n) is 6.12. The van der Waals surface area contributed by atoms with Gasteiger partial charge in [-0.25, -0.2) is 8.78 Å².